The maximum absolute atomic E-state index is 14.4. The summed E-state index contributed by atoms with van der Waals surface area (Å²) in [5, 5.41) is 49.1. The maximum Gasteiger partial charge on any atom is 0.326 e. The monoisotopic (exact) mass is 1250 g/mol. The number of aliphatic hydroxyl groups is 2. The van der Waals surface area contributed by atoms with Crippen molar-refractivity contribution in [2.75, 3.05) is 45.9 Å². The number of aliphatic imine (C=N–C) groups is 3. The van der Waals surface area contributed by atoms with Crippen LogP contribution >= 0.6 is 0 Å². The molecule has 10 unspecified atom stereocenters. The molecule has 0 saturated carbocycles. The van der Waals surface area contributed by atoms with Gasteiger partial charge in [0, 0.05) is 52.0 Å². The lowest BCUT2D eigenvalue weighted by Crippen LogP contribution is -2.60. The van der Waals surface area contributed by atoms with E-state index in [-0.39, 0.29) is 121 Å². The second kappa shape index (κ2) is 36.9. The number of carbonyl (C=O) groups excluding carboxylic acids is 9. The van der Waals surface area contributed by atoms with Crippen LogP contribution in [-0.2, 0) is 60.8 Å². The second-order valence-electron chi connectivity index (χ2n) is 22.2. The third-order valence-electron chi connectivity index (χ3n) is 14.5. The van der Waals surface area contributed by atoms with Crippen molar-refractivity contribution in [3.63, 3.8) is 0 Å². The Labute approximate surface area is 515 Å². The van der Waals surface area contributed by atoms with Gasteiger partial charge in [-0.25, -0.2) is 4.79 Å². The van der Waals surface area contributed by atoms with Crippen molar-refractivity contribution in [2.45, 2.75) is 151 Å². The number of carbonyl (C=O) groups is 10. The number of carboxylic acids is 1. The van der Waals surface area contributed by atoms with E-state index in [1.807, 2.05) is 0 Å². The smallest absolute Gasteiger partial charge is 0.326 e. The fraction of sp³-hybridized carbons (Fsp3) is 0.561. The van der Waals surface area contributed by atoms with Crippen molar-refractivity contribution in [3.8, 4) is 0 Å². The third-order valence-corrected chi connectivity index (χ3v) is 14.5. The highest BCUT2D eigenvalue weighted by atomic mass is 16.4. The molecule has 490 valence electrons. The maximum atomic E-state index is 14.4. The van der Waals surface area contributed by atoms with Crippen LogP contribution in [0, 0.1) is 5.92 Å². The fourth-order valence-electron chi connectivity index (χ4n) is 10.1. The number of nitrogens with zero attached hydrogens (tertiary/aromatic N) is 5. The minimum atomic E-state index is -1.73. The molecule has 2 aromatic rings. The Morgan fingerprint density at radius 1 is 0.584 bits per heavy atom. The highest BCUT2D eigenvalue weighted by molar-refractivity contribution is 5.98. The van der Waals surface area contributed by atoms with Crippen molar-refractivity contribution in [3.05, 3.63) is 71.8 Å². The molecule has 2 aliphatic heterocycles. The van der Waals surface area contributed by atoms with Gasteiger partial charge in [-0.1, -0.05) is 74.5 Å². The molecule has 0 spiro atoms. The van der Waals surface area contributed by atoms with Crippen molar-refractivity contribution in [1.82, 2.24) is 47.0 Å². The number of aliphatic carboxylic acids is 1. The normalized spacial score (nSPS) is 17.6. The minimum Gasteiger partial charge on any atom is -0.480 e. The first-order valence-electron chi connectivity index (χ1n) is 29.5. The van der Waals surface area contributed by atoms with E-state index in [9.17, 15) is 63.3 Å². The molecule has 9 amide bonds. The summed E-state index contributed by atoms with van der Waals surface area (Å²) < 4.78 is 0. The first kappa shape index (κ1) is 72.3. The molecule has 2 heterocycles. The lowest BCUT2D eigenvalue weighted by atomic mass is 10.00. The number of aliphatic hydroxyl groups excluding tert-OH is 2. The van der Waals surface area contributed by atoms with E-state index < -0.39 is 133 Å². The lowest BCUT2D eigenvalue weighted by Gasteiger charge is -2.33. The average Bonchev–Trinajstić information content (AvgIpc) is 2.26. The first-order valence-corrected chi connectivity index (χ1v) is 29.5. The Hall–Kier alpha value is -9.17. The highest BCUT2D eigenvalue weighted by Gasteiger charge is 2.46. The summed E-state index contributed by atoms with van der Waals surface area (Å²) in [5.74, 6) is -9.32. The number of guanidine groups is 3. The number of carboxylic acid groups (broad SMARTS) is 1. The van der Waals surface area contributed by atoms with Crippen LogP contribution in [0.1, 0.15) is 89.2 Å². The van der Waals surface area contributed by atoms with Crippen molar-refractivity contribution < 1.29 is 63.3 Å². The molecule has 2 aliphatic rings. The second-order valence-corrected chi connectivity index (χ2v) is 22.2. The molecule has 0 aromatic heterocycles. The van der Waals surface area contributed by atoms with Gasteiger partial charge in [-0.05, 0) is 74.8 Å². The Kier molecular flexibility index (Phi) is 29.9. The first-order chi connectivity index (χ1) is 42.3. The van der Waals surface area contributed by atoms with Crippen LogP contribution in [0.25, 0.3) is 0 Å². The van der Waals surface area contributed by atoms with Crippen LogP contribution in [0.4, 0.5) is 0 Å². The summed E-state index contributed by atoms with van der Waals surface area (Å²) in [6.07, 6.45) is -0.0570. The standard InChI is InChI=1S/C57H89N19O13/c1-32(2)25-39(47(81)71-38(54(88)89)19-11-23-67-57(63)64)72-49(83)41(27-34-15-7-4-8-16-34)73-50(84)42(31-77)74-48(82)40(26-33-13-5-3-6-14-33)69-45(79)29-68-51(85)44-28-35(78)30-76(44)53(87)43-20-12-24-75(43)52(86)37(18-10-22-66-56(61)62)70-46(80)36(58)17-9-21-65-55(59)60/h3-8,13-16,32,35-44,77-78H,9-12,17-31,58H2,1-2H3,(H,68,85)(H,69,79)(H,70,80)(H,71,81)(H,72,83)(H,73,84)(H,74,82)(H,88,89)(H4,59,60,65)(H4,61,62,66)(H4,63,64,67). The average molecular weight is 1250 g/mol. The number of hydrogen-bond acceptors (Lipinski definition) is 16. The lowest BCUT2D eigenvalue weighted by molar-refractivity contribution is -0.148. The van der Waals surface area contributed by atoms with E-state index in [1.54, 1.807) is 74.5 Å². The van der Waals surface area contributed by atoms with Gasteiger partial charge in [0.05, 0.1) is 25.3 Å². The Morgan fingerprint density at radius 2 is 1.04 bits per heavy atom. The van der Waals surface area contributed by atoms with Gasteiger partial charge in [0.25, 0.3) is 0 Å². The summed E-state index contributed by atoms with van der Waals surface area (Å²) in [4.78, 5) is 152. The van der Waals surface area contributed by atoms with E-state index in [4.69, 9.17) is 40.1 Å². The van der Waals surface area contributed by atoms with E-state index in [2.05, 4.69) is 52.2 Å². The zero-order valence-electron chi connectivity index (χ0n) is 50.3. The largest absolute Gasteiger partial charge is 0.480 e. The molecule has 32 heteroatoms. The van der Waals surface area contributed by atoms with Gasteiger partial charge >= 0.3 is 5.97 Å². The Bertz CT molecular complexity index is 2800. The number of nitrogens with two attached hydrogens (primary N) is 7. The van der Waals surface area contributed by atoms with Crippen LogP contribution in [0.2, 0.25) is 0 Å². The molecular weight excluding hydrogens is 1160 g/mol. The minimum absolute atomic E-state index is 0.0438. The molecule has 32 nitrogen and oxygen atoms in total. The number of amides is 9. The Morgan fingerprint density at radius 3 is 1.56 bits per heavy atom. The number of benzene rings is 2. The predicted molar refractivity (Wildman–Crippen MR) is 328 cm³/mol. The van der Waals surface area contributed by atoms with Gasteiger partial charge in [-0.15, -0.1) is 0 Å². The van der Waals surface area contributed by atoms with E-state index >= 15 is 0 Å². The van der Waals surface area contributed by atoms with Crippen molar-refractivity contribution >= 4 is 77.0 Å². The molecule has 0 bridgehead atoms. The molecule has 4 rings (SSSR count). The number of likely N-dealkylation sites (tertiary alicyclic amines) is 2. The number of β-amino-alcohol motifs (C(OH)–C–C–N with tert-alkyl or cyclic N) is 1. The number of hydrogen-bond donors (Lipinski definition) is 17. The zero-order valence-corrected chi connectivity index (χ0v) is 50.3. The van der Waals surface area contributed by atoms with Crippen LogP contribution in [0.5, 0.6) is 0 Å². The fourth-order valence-corrected chi connectivity index (χ4v) is 10.1. The Balaban J connectivity index is 1.47. The van der Waals surface area contributed by atoms with Crippen molar-refractivity contribution in [1.29, 1.82) is 0 Å². The summed E-state index contributed by atoms with van der Waals surface area (Å²) in [5.41, 5.74) is 39.8. The van der Waals surface area contributed by atoms with E-state index in [1.165, 1.54) is 4.90 Å². The SMILES string of the molecule is CC(C)CC(NC(=O)C(Cc1ccccc1)NC(=O)C(CO)NC(=O)C(Cc1ccccc1)NC(=O)CNC(=O)C1CC(O)CN1C(=O)C1CCCN1C(=O)C(CCCN=C(N)N)NC(=O)C(N)CCCN=C(N)N)C(=O)NC(CCCN=C(N)N)C(=O)O. The van der Waals surface area contributed by atoms with Crippen LogP contribution < -0.4 is 77.4 Å². The number of nitrogens with one attached hydrogen (secondary N) is 7. The van der Waals surface area contributed by atoms with Crippen LogP contribution in [0.3, 0.4) is 0 Å². The quantitative estimate of drug-likeness (QED) is 0.0172. The molecule has 24 N–H and O–H groups in total. The summed E-state index contributed by atoms with van der Waals surface area (Å²) >= 11 is 0. The number of rotatable bonds is 36. The van der Waals surface area contributed by atoms with E-state index in [0.29, 0.717) is 24.0 Å². The molecule has 2 aromatic carbocycles. The van der Waals surface area contributed by atoms with Gasteiger partial charge < -0.3 is 102 Å². The molecule has 10 atom stereocenters. The summed E-state index contributed by atoms with van der Waals surface area (Å²) in [6.45, 7) is 2.08. The van der Waals surface area contributed by atoms with Gasteiger partial charge in [0.2, 0.25) is 53.2 Å². The molecular formula is C57H89N19O13. The summed E-state index contributed by atoms with van der Waals surface area (Å²) in [7, 11) is 0. The molecule has 2 saturated heterocycles. The molecule has 0 aliphatic carbocycles. The van der Waals surface area contributed by atoms with Crippen LogP contribution in [0.15, 0.2) is 75.6 Å². The third kappa shape index (κ3) is 24.9. The highest BCUT2D eigenvalue weighted by Crippen LogP contribution is 2.27. The van der Waals surface area contributed by atoms with Crippen molar-refractivity contribution in [2.24, 2.45) is 61.0 Å². The molecule has 89 heavy (non-hydrogen) atoms. The zero-order chi connectivity index (χ0) is 65.7. The van der Waals surface area contributed by atoms with Gasteiger partial charge in [0.1, 0.15) is 48.3 Å². The van der Waals surface area contributed by atoms with Gasteiger partial charge in [-0.2, -0.15) is 0 Å². The summed E-state index contributed by atoms with van der Waals surface area (Å²) in [6, 6.07) is 5.02. The van der Waals surface area contributed by atoms with E-state index in [0.717, 1.165) is 4.90 Å². The van der Waals surface area contributed by atoms with Gasteiger partial charge in [0.15, 0.2) is 17.9 Å². The van der Waals surface area contributed by atoms with Crippen LogP contribution in [-0.4, -0.2) is 208 Å². The molecule has 2 fully saturated rings. The van der Waals surface area contributed by atoms with Gasteiger partial charge in [-0.3, -0.25) is 58.1 Å². The predicted octanol–water partition coefficient (Wildman–Crippen LogP) is -5.94. The molecule has 0 radical (unpaired) electrons. The topological polar surface area (TPSA) is 541 Å².